The molecular weight excluding hydrogens is 422 g/mol. The minimum Gasteiger partial charge on any atom is -0.495 e. The van der Waals surface area contributed by atoms with Crippen LogP contribution in [-0.4, -0.2) is 31.3 Å². The SMILES string of the molecule is CCC(CC)c1ccc(Cl)c2nc(Nc3c(C)cc(S(C)(=O)=O)cc3OC)n(C)c12. The Hall–Kier alpha value is -2.25. The molecule has 0 aliphatic heterocycles. The predicted molar refractivity (Wildman–Crippen MR) is 123 cm³/mol. The number of halogens is 1. The molecule has 0 spiro atoms. The Morgan fingerprint density at radius 2 is 1.90 bits per heavy atom. The Morgan fingerprint density at radius 1 is 1.23 bits per heavy atom. The number of nitrogens with one attached hydrogen (secondary N) is 1. The Kier molecular flexibility index (Phi) is 6.34. The van der Waals surface area contributed by atoms with Gasteiger partial charge in [-0.05, 0) is 48.9 Å². The lowest BCUT2D eigenvalue weighted by Gasteiger charge is -2.17. The van der Waals surface area contributed by atoms with E-state index in [1.807, 2.05) is 24.6 Å². The molecule has 0 radical (unpaired) electrons. The van der Waals surface area contributed by atoms with Crippen LogP contribution in [0.1, 0.15) is 43.7 Å². The molecule has 1 heterocycles. The second kappa shape index (κ2) is 8.47. The number of rotatable bonds is 7. The number of methoxy groups -OCH3 is 1. The lowest BCUT2D eigenvalue weighted by atomic mass is 9.93. The molecule has 0 saturated heterocycles. The van der Waals surface area contributed by atoms with Crippen LogP contribution in [0.15, 0.2) is 29.2 Å². The fourth-order valence-corrected chi connectivity index (χ4v) is 4.76. The molecule has 1 aromatic heterocycles. The molecule has 1 N–H and O–H groups in total. The maximum absolute atomic E-state index is 12.0. The summed E-state index contributed by atoms with van der Waals surface area (Å²) >= 11 is 6.47. The van der Waals surface area contributed by atoms with Gasteiger partial charge in [0, 0.05) is 19.4 Å². The van der Waals surface area contributed by atoms with Gasteiger partial charge in [-0.15, -0.1) is 0 Å². The minimum atomic E-state index is -3.35. The second-order valence-corrected chi connectivity index (χ2v) is 9.98. The zero-order valence-corrected chi connectivity index (χ0v) is 19.8. The van der Waals surface area contributed by atoms with E-state index >= 15 is 0 Å². The van der Waals surface area contributed by atoms with Crippen molar-refractivity contribution in [2.75, 3.05) is 18.7 Å². The summed E-state index contributed by atoms with van der Waals surface area (Å²) in [5.41, 5.74) is 4.38. The number of nitrogens with zero attached hydrogens (tertiary/aromatic N) is 2. The first-order valence-corrected chi connectivity index (χ1v) is 12.2. The van der Waals surface area contributed by atoms with E-state index < -0.39 is 9.84 Å². The van der Waals surface area contributed by atoms with E-state index in [9.17, 15) is 8.42 Å². The smallest absolute Gasteiger partial charge is 0.208 e. The van der Waals surface area contributed by atoms with Crippen molar-refractivity contribution in [1.29, 1.82) is 0 Å². The van der Waals surface area contributed by atoms with Crippen molar-refractivity contribution in [2.24, 2.45) is 7.05 Å². The van der Waals surface area contributed by atoms with Gasteiger partial charge in [-0.1, -0.05) is 31.5 Å². The first kappa shape index (κ1) is 22.4. The van der Waals surface area contributed by atoms with Crippen molar-refractivity contribution in [3.05, 3.63) is 40.4 Å². The van der Waals surface area contributed by atoms with Gasteiger partial charge in [0.2, 0.25) is 5.95 Å². The summed E-state index contributed by atoms with van der Waals surface area (Å²) < 4.78 is 31.4. The normalized spacial score (nSPS) is 12.0. The molecule has 0 saturated carbocycles. The number of hydrogen-bond donors (Lipinski definition) is 1. The average molecular weight is 450 g/mol. The van der Waals surface area contributed by atoms with Crippen molar-refractivity contribution in [2.45, 2.75) is 44.4 Å². The molecule has 8 heteroatoms. The van der Waals surface area contributed by atoms with E-state index in [1.165, 1.54) is 25.0 Å². The zero-order valence-electron chi connectivity index (χ0n) is 18.2. The molecule has 0 amide bonds. The van der Waals surface area contributed by atoms with Crippen molar-refractivity contribution < 1.29 is 13.2 Å². The van der Waals surface area contributed by atoms with Crippen molar-refractivity contribution in [3.8, 4) is 5.75 Å². The van der Waals surface area contributed by atoms with E-state index in [1.54, 1.807) is 6.07 Å². The molecule has 3 rings (SSSR count). The van der Waals surface area contributed by atoms with Crippen molar-refractivity contribution in [1.82, 2.24) is 9.55 Å². The van der Waals surface area contributed by atoms with Crippen LogP contribution in [0, 0.1) is 6.92 Å². The standard InChI is InChI=1S/C22H28ClN3O3S/c1-7-14(8-2)16-9-10-17(23)20-21(16)26(4)22(25-20)24-19-13(3)11-15(30(6,27)28)12-18(19)29-5/h9-12,14H,7-8H2,1-6H3,(H,24,25). The van der Waals surface area contributed by atoms with Gasteiger partial charge in [-0.25, -0.2) is 13.4 Å². The molecule has 0 fully saturated rings. The second-order valence-electron chi connectivity index (χ2n) is 7.56. The number of imidazole rings is 1. The van der Waals surface area contributed by atoms with Crippen LogP contribution >= 0.6 is 11.6 Å². The van der Waals surface area contributed by atoms with E-state index in [2.05, 4.69) is 25.2 Å². The van der Waals surface area contributed by atoms with Crippen LogP contribution in [-0.2, 0) is 16.9 Å². The molecule has 2 aromatic carbocycles. The molecule has 0 aliphatic carbocycles. The van der Waals surface area contributed by atoms with Crippen LogP contribution < -0.4 is 10.1 Å². The van der Waals surface area contributed by atoms with Crippen LogP contribution in [0.5, 0.6) is 5.75 Å². The third kappa shape index (κ3) is 4.01. The quantitative estimate of drug-likeness (QED) is 0.508. The lowest BCUT2D eigenvalue weighted by molar-refractivity contribution is 0.415. The Labute approximate surface area is 183 Å². The summed E-state index contributed by atoms with van der Waals surface area (Å²) in [5, 5.41) is 3.93. The van der Waals surface area contributed by atoms with Crippen LogP contribution in [0.25, 0.3) is 11.0 Å². The number of aromatic nitrogens is 2. The molecule has 30 heavy (non-hydrogen) atoms. The van der Waals surface area contributed by atoms with Crippen LogP contribution in [0.2, 0.25) is 5.02 Å². The first-order valence-electron chi connectivity index (χ1n) is 9.92. The van der Waals surface area contributed by atoms with Crippen molar-refractivity contribution >= 4 is 44.1 Å². The number of hydrogen-bond acceptors (Lipinski definition) is 5. The third-order valence-corrected chi connectivity index (χ3v) is 6.98. The number of anilines is 2. The van der Waals surface area contributed by atoms with Gasteiger partial charge < -0.3 is 14.6 Å². The Morgan fingerprint density at radius 3 is 2.47 bits per heavy atom. The summed E-state index contributed by atoms with van der Waals surface area (Å²) in [4.78, 5) is 4.97. The average Bonchev–Trinajstić information content (AvgIpc) is 3.02. The summed E-state index contributed by atoms with van der Waals surface area (Å²) in [6.07, 6.45) is 3.24. The van der Waals surface area contributed by atoms with Gasteiger partial charge in [0.1, 0.15) is 11.3 Å². The lowest BCUT2D eigenvalue weighted by Crippen LogP contribution is -2.06. The van der Waals surface area contributed by atoms with Gasteiger partial charge in [0.05, 0.1) is 28.2 Å². The zero-order chi connectivity index (χ0) is 22.2. The number of ether oxygens (including phenoxy) is 1. The third-order valence-electron chi connectivity index (χ3n) is 5.59. The highest BCUT2D eigenvalue weighted by atomic mass is 35.5. The highest BCUT2D eigenvalue weighted by Crippen LogP contribution is 2.38. The molecular formula is C22H28ClN3O3S. The largest absolute Gasteiger partial charge is 0.495 e. The van der Waals surface area contributed by atoms with E-state index in [-0.39, 0.29) is 4.90 Å². The van der Waals surface area contributed by atoms with Crippen molar-refractivity contribution in [3.63, 3.8) is 0 Å². The Bertz CT molecular complexity index is 1200. The summed E-state index contributed by atoms with van der Waals surface area (Å²) in [7, 11) is 0.119. The monoisotopic (exact) mass is 449 g/mol. The number of benzene rings is 2. The topological polar surface area (TPSA) is 73.2 Å². The highest BCUT2D eigenvalue weighted by molar-refractivity contribution is 7.90. The molecule has 162 valence electrons. The number of sulfone groups is 1. The van der Waals surface area contributed by atoms with E-state index in [0.29, 0.717) is 28.3 Å². The van der Waals surface area contributed by atoms with Crippen LogP contribution in [0.4, 0.5) is 11.6 Å². The van der Waals surface area contributed by atoms with E-state index in [0.717, 1.165) is 29.4 Å². The molecule has 0 atom stereocenters. The summed E-state index contributed by atoms with van der Waals surface area (Å²) in [6, 6.07) is 7.14. The number of aryl methyl sites for hydroxylation is 2. The highest BCUT2D eigenvalue weighted by Gasteiger charge is 2.21. The van der Waals surface area contributed by atoms with Gasteiger partial charge in [0.25, 0.3) is 0 Å². The first-order chi connectivity index (χ1) is 14.1. The molecule has 0 aliphatic rings. The maximum Gasteiger partial charge on any atom is 0.208 e. The maximum atomic E-state index is 12.0. The fourth-order valence-electron chi connectivity index (χ4n) is 3.86. The molecule has 0 unspecified atom stereocenters. The van der Waals surface area contributed by atoms with Crippen LogP contribution in [0.3, 0.4) is 0 Å². The molecule has 0 bridgehead atoms. The van der Waals surface area contributed by atoms with Gasteiger partial charge in [-0.2, -0.15) is 0 Å². The van der Waals surface area contributed by atoms with Gasteiger partial charge >= 0.3 is 0 Å². The number of fused-ring (bicyclic) bond motifs is 1. The summed E-state index contributed by atoms with van der Waals surface area (Å²) in [5.74, 6) is 1.46. The predicted octanol–water partition coefficient (Wildman–Crippen LogP) is 5.59. The molecule has 6 nitrogen and oxygen atoms in total. The fraction of sp³-hybridized carbons (Fsp3) is 0.409. The van der Waals surface area contributed by atoms with E-state index in [4.69, 9.17) is 21.3 Å². The van der Waals surface area contributed by atoms with Gasteiger partial charge in [0.15, 0.2) is 9.84 Å². The minimum absolute atomic E-state index is 0.214. The summed E-state index contributed by atoms with van der Waals surface area (Å²) in [6.45, 7) is 6.20. The molecule has 3 aromatic rings. The Balaban J connectivity index is 2.17. The van der Waals surface area contributed by atoms with Gasteiger partial charge in [-0.3, -0.25) is 0 Å².